The molecule has 0 aromatic heterocycles. The van der Waals surface area contributed by atoms with E-state index in [1.807, 2.05) is 20.8 Å². The maximum absolute atomic E-state index is 12.2. The first kappa shape index (κ1) is 14.9. The highest BCUT2D eigenvalue weighted by Crippen LogP contribution is 2.25. The Labute approximate surface area is 106 Å². The van der Waals surface area contributed by atoms with Crippen LogP contribution in [0.15, 0.2) is 0 Å². The predicted octanol–water partition coefficient (Wildman–Crippen LogP) is 1.42. The SMILES string of the molecule is CC(C)(C)CS(=O)(=O)N1CCC(CCN)CC1. The summed E-state index contributed by atoms with van der Waals surface area (Å²) >= 11 is 0. The van der Waals surface area contributed by atoms with Gasteiger partial charge in [-0.1, -0.05) is 20.8 Å². The molecular weight excluding hydrogens is 236 g/mol. The third-order valence-electron chi connectivity index (χ3n) is 3.16. The van der Waals surface area contributed by atoms with Gasteiger partial charge < -0.3 is 5.73 Å². The van der Waals surface area contributed by atoms with Crippen molar-refractivity contribution in [3.05, 3.63) is 0 Å². The molecule has 1 aliphatic heterocycles. The summed E-state index contributed by atoms with van der Waals surface area (Å²) in [5.74, 6) is 0.850. The van der Waals surface area contributed by atoms with Gasteiger partial charge in [-0.2, -0.15) is 0 Å². The second-order valence-corrected chi connectivity index (χ2v) is 8.21. The third kappa shape index (κ3) is 4.94. The largest absolute Gasteiger partial charge is 0.330 e. The van der Waals surface area contributed by atoms with Crippen LogP contribution < -0.4 is 5.73 Å². The van der Waals surface area contributed by atoms with Crippen LogP contribution in [0.5, 0.6) is 0 Å². The van der Waals surface area contributed by atoms with Crippen molar-refractivity contribution in [1.82, 2.24) is 4.31 Å². The van der Waals surface area contributed by atoms with Gasteiger partial charge in [0.1, 0.15) is 0 Å². The number of hydrogen-bond donors (Lipinski definition) is 1. The molecule has 0 aromatic carbocycles. The molecular formula is C12H26N2O2S. The second kappa shape index (κ2) is 5.67. The van der Waals surface area contributed by atoms with E-state index in [4.69, 9.17) is 5.73 Å². The van der Waals surface area contributed by atoms with E-state index in [9.17, 15) is 8.42 Å². The van der Waals surface area contributed by atoms with Gasteiger partial charge in [0.2, 0.25) is 10.0 Å². The van der Waals surface area contributed by atoms with E-state index in [-0.39, 0.29) is 11.2 Å². The van der Waals surface area contributed by atoms with Gasteiger partial charge in [-0.15, -0.1) is 0 Å². The van der Waals surface area contributed by atoms with Crippen molar-refractivity contribution in [1.29, 1.82) is 0 Å². The fourth-order valence-electron chi connectivity index (χ4n) is 2.35. The van der Waals surface area contributed by atoms with E-state index in [0.29, 0.717) is 25.6 Å². The van der Waals surface area contributed by atoms with E-state index in [2.05, 4.69) is 0 Å². The van der Waals surface area contributed by atoms with Crippen LogP contribution in [0.1, 0.15) is 40.0 Å². The van der Waals surface area contributed by atoms with Gasteiger partial charge in [0.25, 0.3) is 0 Å². The zero-order valence-electron chi connectivity index (χ0n) is 11.3. The number of hydrogen-bond acceptors (Lipinski definition) is 3. The quantitative estimate of drug-likeness (QED) is 0.833. The summed E-state index contributed by atoms with van der Waals surface area (Å²) in [4.78, 5) is 0. The summed E-state index contributed by atoms with van der Waals surface area (Å²) in [6.45, 7) is 7.94. The standard InChI is InChI=1S/C12H26N2O2S/c1-12(2,3)10-17(15,16)14-8-5-11(4-7-13)6-9-14/h11H,4-10,13H2,1-3H3. The van der Waals surface area contributed by atoms with Crippen LogP contribution in [-0.4, -0.2) is 38.1 Å². The number of rotatable bonds is 4. The summed E-state index contributed by atoms with van der Waals surface area (Å²) in [7, 11) is -3.08. The summed E-state index contributed by atoms with van der Waals surface area (Å²) in [5, 5.41) is 0. The Bertz CT molecular complexity index is 325. The maximum Gasteiger partial charge on any atom is 0.214 e. The van der Waals surface area contributed by atoms with Gasteiger partial charge in [0.15, 0.2) is 0 Å². The summed E-state index contributed by atoms with van der Waals surface area (Å²) in [6, 6.07) is 0. The van der Waals surface area contributed by atoms with Crippen LogP contribution in [0.3, 0.4) is 0 Å². The number of piperidine rings is 1. The first-order chi connectivity index (χ1) is 7.74. The molecule has 0 amide bonds. The highest BCUT2D eigenvalue weighted by atomic mass is 32.2. The molecule has 0 bridgehead atoms. The van der Waals surface area contributed by atoms with Crippen molar-refractivity contribution in [2.24, 2.45) is 17.1 Å². The fraction of sp³-hybridized carbons (Fsp3) is 1.00. The van der Waals surface area contributed by atoms with E-state index in [1.54, 1.807) is 4.31 Å². The summed E-state index contributed by atoms with van der Waals surface area (Å²) in [5.41, 5.74) is 5.36. The molecule has 0 saturated carbocycles. The van der Waals surface area contributed by atoms with Gasteiger partial charge in [-0.25, -0.2) is 12.7 Å². The molecule has 0 aromatic rings. The minimum atomic E-state index is -3.08. The lowest BCUT2D eigenvalue weighted by Gasteiger charge is -2.33. The second-order valence-electron chi connectivity index (χ2n) is 6.24. The van der Waals surface area contributed by atoms with Crippen molar-refractivity contribution >= 4 is 10.0 Å². The molecule has 1 saturated heterocycles. The number of sulfonamides is 1. The molecule has 1 fully saturated rings. The number of nitrogens with two attached hydrogens (primary N) is 1. The topological polar surface area (TPSA) is 63.4 Å². The van der Waals surface area contributed by atoms with E-state index in [0.717, 1.165) is 19.3 Å². The van der Waals surface area contributed by atoms with E-state index < -0.39 is 10.0 Å². The molecule has 17 heavy (non-hydrogen) atoms. The first-order valence-electron chi connectivity index (χ1n) is 6.42. The highest BCUT2D eigenvalue weighted by Gasteiger charge is 2.30. The molecule has 1 heterocycles. The Kier molecular flexibility index (Phi) is 4.98. The van der Waals surface area contributed by atoms with Crippen molar-refractivity contribution in [2.75, 3.05) is 25.4 Å². The van der Waals surface area contributed by atoms with E-state index >= 15 is 0 Å². The van der Waals surface area contributed by atoms with Crippen molar-refractivity contribution < 1.29 is 8.42 Å². The molecule has 4 nitrogen and oxygen atoms in total. The van der Waals surface area contributed by atoms with Gasteiger partial charge in [0.05, 0.1) is 5.75 Å². The van der Waals surface area contributed by atoms with Crippen LogP contribution in [-0.2, 0) is 10.0 Å². The average molecular weight is 262 g/mol. The Balaban J connectivity index is 2.53. The maximum atomic E-state index is 12.2. The molecule has 0 aliphatic carbocycles. The molecule has 1 aliphatic rings. The molecule has 0 radical (unpaired) electrons. The monoisotopic (exact) mass is 262 g/mol. The molecule has 0 unspecified atom stereocenters. The van der Waals surface area contributed by atoms with Crippen molar-refractivity contribution in [3.8, 4) is 0 Å². The zero-order chi connectivity index (χ0) is 13.1. The smallest absolute Gasteiger partial charge is 0.214 e. The van der Waals surface area contributed by atoms with Gasteiger partial charge in [-0.05, 0) is 37.1 Å². The molecule has 5 heteroatoms. The van der Waals surface area contributed by atoms with Crippen LogP contribution in [0.2, 0.25) is 0 Å². The predicted molar refractivity (Wildman–Crippen MR) is 71.2 cm³/mol. The lowest BCUT2D eigenvalue weighted by Crippen LogP contribution is -2.42. The lowest BCUT2D eigenvalue weighted by atomic mass is 9.95. The fourth-order valence-corrected chi connectivity index (χ4v) is 4.39. The minimum Gasteiger partial charge on any atom is -0.330 e. The zero-order valence-corrected chi connectivity index (χ0v) is 12.1. The first-order valence-corrected chi connectivity index (χ1v) is 8.03. The Morgan fingerprint density at radius 2 is 1.76 bits per heavy atom. The number of nitrogens with zero attached hydrogens (tertiary/aromatic N) is 1. The van der Waals surface area contributed by atoms with Crippen LogP contribution in [0.25, 0.3) is 0 Å². The molecule has 0 spiro atoms. The normalized spacial score (nSPS) is 20.7. The van der Waals surface area contributed by atoms with Crippen molar-refractivity contribution in [2.45, 2.75) is 40.0 Å². The van der Waals surface area contributed by atoms with Crippen LogP contribution in [0, 0.1) is 11.3 Å². The van der Waals surface area contributed by atoms with Crippen molar-refractivity contribution in [3.63, 3.8) is 0 Å². The molecule has 102 valence electrons. The van der Waals surface area contributed by atoms with Crippen LogP contribution in [0.4, 0.5) is 0 Å². The summed E-state index contributed by atoms with van der Waals surface area (Å²) < 4.78 is 26.0. The molecule has 2 N–H and O–H groups in total. The van der Waals surface area contributed by atoms with E-state index in [1.165, 1.54) is 0 Å². The molecule has 1 rings (SSSR count). The van der Waals surface area contributed by atoms with Gasteiger partial charge in [0, 0.05) is 13.1 Å². The van der Waals surface area contributed by atoms with Gasteiger partial charge >= 0.3 is 0 Å². The Morgan fingerprint density at radius 3 is 2.18 bits per heavy atom. The third-order valence-corrected chi connectivity index (χ3v) is 5.54. The Morgan fingerprint density at radius 1 is 1.24 bits per heavy atom. The highest BCUT2D eigenvalue weighted by molar-refractivity contribution is 7.89. The lowest BCUT2D eigenvalue weighted by molar-refractivity contribution is 0.263. The van der Waals surface area contributed by atoms with Gasteiger partial charge in [-0.3, -0.25) is 0 Å². The minimum absolute atomic E-state index is 0.174. The molecule has 0 atom stereocenters. The summed E-state index contributed by atoms with van der Waals surface area (Å²) in [6.07, 6.45) is 2.94. The van der Waals surface area contributed by atoms with Crippen LogP contribution >= 0.6 is 0 Å². The average Bonchev–Trinajstić information content (AvgIpc) is 2.15. The Hall–Kier alpha value is -0.130.